The van der Waals surface area contributed by atoms with E-state index in [2.05, 4.69) is 27.0 Å². The monoisotopic (exact) mass is 562 g/mol. The van der Waals surface area contributed by atoms with Crippen LogP contribution in [-0.4, -0.2) is 95.7 Å². The van der Waals surface area contributed by atoms with E-state index in [0.717, 1.165) is 34.0 Å². The van der Waals surface area contributed by atoms with Gasteiger partial charge in [-0.1, -0.05) is 15.9 Å². The SMILES string of the molecule is CN1C[C@H](F)C[C@H]1COc1nc(N2CCN(C(=O)O)[C@@H](CC#N)C2)c2c3c(c(Br)cc2n1)CCCO3. The second-order valence-corrected chi connectivity index (χ2v) is 10.4. The molecule has 5 rings (SSSR count). The summed E-state index contributed by atoms with van der Waals surface area (Å²) in [5.74, 6) is 1.32. The molecular weight excluding hydrogens is 535 g/mol. The van der Waals surface area contributed by atoms with Crippen LogP contribution in [0.1, 0.15) is 24.8 Å². The molecule has 192 valence electrons. The molecule has 1 aromatic carbocycles. The van der Waals surface area contributed by atoms with Crippen LogP contribution < -0.4 is 14.4 Å². The van der Waals surface area contributed by atoms with E-state index in [1.807, 2.05) is 22.9 Å². The molecule has 10 nitrogen and oxygen atoms in total. The van der Waals surface area contributed by atoms with Gasteiger partial charge in [0.1, 0.15) is 24.3 Å². The first-order valence-corrected chi connectivity index (χ1v) is 12.9. The topological polar surface area (TPSA) is 115 Å². The van der Waals surface area contributed by atoms with Gasteiger partial charge in [0.25, 0.3) is 0 Å². The summed E-state index contributed by atoms with van der Waals surface area (Å²) in [7, 11) is 1.87. The average molecular weight is 563 g/mol. The van der Waals surface area contributed by atoms with Gasteiger partial charge in [0.05, 0.1) is 36.0 Å². The Kier molecular flexibility index (Phi) is 7.03. The lowest BCUT2D eigenvalue weighted by atomic mass is 10.0. The summed E-state index contributed by atoms with van der Waals surface area (Å²) < 4.78 is 26.8. The van der Waals surface area contributed by atoms with Crippen molar-refractivity contribution < 1.29 is 23.8 Å². The van der Waals surface area contributed by atoms with Crippen LogP contribution in [0.25, 0.3) is 10.9 Å². The summed E-state index contributed by atoms with van der Waals surface area (Å²) in [6, 6.07) is 3.65. The minimum Gasteiger partial charge on any atom is -0.492 e. The summed E-state index contributed by atoms with van der Waals surface area (Å²) in [6.45, 7) is 2.17. The van der Waals surface area contributed by atoms with Crippen LogP contribution in [0.3, 0.4) is 0 Å². The molecule has 3 aliphatic rings. The van der Waals surface area contributed by atoms with Crippen LogP contribution in [0.4, 0.5) is 15.0 Å². The van der Waals surface area contributed by atoms with E-state index in [-0.39, 0.29) is 31.6 Å². The van der Waals surface area contributed by atoms with Crippen molar-refractivity contribution in [1.82, 2.24) is 19.8 Å². The van der Waals surface area contributed by atoms with Crippen molar-refractivity contribution in [3.05, 3.63) is 16.1 Å². The van der Waals surface area contributed by atoms with Gasteiger partial charge in [-0.3, -0.25) is 4.90 Å². The standard InChI is InChI=1S/C24H28BrFN6O4/c1-30-11-14(26)9-16(30)13-36-23-28-19-10-18(25)17-3-2-8-35-21(17)20(19)22(29-23)31-6-7-32(24(33)34)15(12-31)4-5-27/h10,14-16H,2-4,6-9,11-13H2,1H3,(H,33,34)/t14-,15+,16+/m1/s1. The molecule has 0 spiro atoms. The zero-order valence-corrected chi connectivity index (χ0v) is 21.6. The summed E-state index contributed by atoms with van der Waals surface area (Å²) in [5.41, 5.74) is 1.69. The van der Waals surface area contributed by atoms with Gasteiger partial charge in [-0.15, -0.1) is 0 Å². The summed E-state index contributed by atoms with van der Waals surface area (Å²) in [5, 5.41) is 19.7. The van der Waals surface area contributed by atoms with Crippen LogP contribution >= 0.6 is 15.9 Å². The highest BCUT2D eigenvalue weighted by Gasteiger charge is 2.34. The second-order valence-electron chi connectivity index (χ2n) is 9.52. The normalized spacial score (nSPS) is 24.3. The third-order valence-electron chi connectivity index (χ3n) is 7.16. The maximum atomic E-state index is 13.8. The third kappa shape index (κ3) is 4.74. The number of benzene rings is 1. The number of amides is 1. The van der Waals surface area contributed by atoms with Gasteiger partial charge in [-0.25, -0.2) is 9.18 Å². The number of aromatic nitrogens is 2. The molecule has 2 aromatic rings. The van der Waals surface area contributed by atoms with Crippen LogP contribution in [0.2, 0.25) is 0 Å². The van der Waals surface area contributed by atoms with Gasteiger partial charge in [0.2, 0.25) is 0 Å². The number of anilines is 1. The lowest BCUT2D eigenvalue weighted by molar-refractivity contribution is 0.119. The Hall–Kier alpha value is -2.91. The van der Waals surface area contributed by atoms with E-state index in [0.29, 0.717) is 44.0 Å². The molecule has 0 unspecified atom stereocenters. The van der Waals surface area contributed by atoms with Crippen LogP contribution in [0.15, 0.2) is 10.5 Å². The Morgan fingerprint density at radius 3 is 2.92 bits per heavy atom. The first-order chi connectivity index (χ1) is 17.4. The number of ether oxygens (including phenoxy) is 2. The Labute approximate surface area is 216 Å². The van der Waals surface area contributed by atoms with E-state index in [9.17, 15) is 19.6 Å². The number of carboxylic acid groups (broad SMARTS) is 1. The highest BCUT2D eigenvalue weighted by atomic mass is 79.9. The average Bonchev–Trinajstić information content (AvgIpc) is 3.19. The Bertz CT molecular complexity index is 1210. The summed E-state index contributed by atoms with van der Waals surface area (Å²) in [4.78, 5) is 26.4. The fraction of sp³-hybridized carbons (Fsp3) is 0.583. The smallest absolute Gasteiger partial charge is 0.407 e. The molecule has 12 heteroatoms. The minimum atomic E-state index is -1.04. The Morgan fingerprint density at radius 2 is 2.19 bits per heavy atom. The quantitative estimate of drug-likeness (QED) is 0.586. The van der Waals surface area contributed by atoms with Gasteiger partial charge >= 0.3 is 12.1 Å². The summed E-state index contributed by atoms with van der Waals surface area (Å²) >= 11 is 3.66. The molecule has 0 saturated carbocycles. The number of likely N-dealkylation sites (tertiary alicyclic amines) is 1. The van der Waals surface area contributed by atoms with Crippen molar-refractivity contribution in [3.63, 3.8) is 0 Å². The first kappa shape index (κ1) is 24.8. The predicted molar refractivity (Wildman–Crippen MR) is 133 cm³/mol. The molecule has 2 saturated heterocycles. The number of carbonyl (C=O) groups is 1. The maximum absolute atomic E-state index is 13.8. The highest BCUT2D eigenvalue weighted by Crippen LogP contribution is 2.43. The highest BCUT2D eigenvalue weighted by molar-refractivity contribution is 9.10. The van der Waals surface area contributed by atoms with E-state index in [4.69, 9.17) is 14.5 Å². The van der Waals surface area contributed by atoms with Crippen molar-refractivity contribution in [2.45, 2.75) is 43.9 Å². The molecule has 0 bridgehead atoms. The van der Waals surface area contributed by atoms with Gasteiger partial charge in [-0.2, -0.15) is 15.2 Å². The number of rotatable bonds is 5. The van der Waals surface area contributed by atoms with Crippen molar-refractivity contribution >= 4 is 38.7 Å². The number of nitriles is 1. The molecule has 1 aromatic heterocycles. The number of nitrogens with zero attached hydrogens (tertiary/aromatic N) is 6. The lowest BCUT2D eigenvalue weighted by Crippen LogP contribution is -2.55. The van der Waals surface area contributed by atoms with Crippen LogP contribution in [-0.2, 0) is 6.42 Å². The van der Waals surface area contributed by atoms with E-state index in [1.165, 1.54) is 4.90 Å². The molecular formula is C24H28BrFN6O4. The molecule has 3 atom stereocenters. The van der Waals surface area contributed by atoms with Gasteiger partial charge in [-0.05, 0) is 32.4 Å². The molecule has 36 heavy (non-hydrogen) atoms. The van der Waals surface area contributed by atoms with E-state index < -0.39 is 18.3 Å². The summed E-state index contributed by atoms with van der Waals surface area (Å²) in [6.07, 6.45) is 0.318. The fourth-order valence-corrected chi connectivity index (χ4v) is 5.89. The lowest BCUT2D eigenvalue weighted by Gasteiger charge is -2.40. The fourth-order valence-electron chi connectivity index (χ4n) is 5.30. The number of halogens is 2. The number of fused-ring (bicyclic) bond motifs is 3. The number of alkyl halides is 1. The third-order valence-corrected chi connectivity index (χ3v) is 7.87. The second kappa shape index (κ2) is 10.2. The van der Waals surface area contributed by atoms with Crippen LogP contribution in [0, 0.1) is 11.3 Å². The maximum Gasteiger partial charge on any atom is 0.407 e. The Morgan fingerprint density at radius 1 is 1.36 bits per heavy atom. The van der Waals surface area contributed by atoms with Crippen molar-refractivity contribution in [3.8, 4) is 17.8 Å². The zero-order chi connectivity index (χ0) is 25.4. The number of likely N-dealkylation sites (N-methyl/N-ethyl adjacent to an activating group) is 1. The largest absolute Gasteiger partial charge is 0.492 e. The molecule has 1 N–H and O–H groups in total. The minimum absolute atomic E-state index is 0.0690. The number of hydrogen-bond acceptors (Lipinski definition) is 8. The zero-order valence-electron chi connectivity index (χ0n) is 20.0. The predicted octanol–water partition coefficient (Wildman–Crippen LogP) is 3.22. The first-order valence-electron chi connectivity index (χ1n) is 12.1. The van der Waals surface area contributed by atoms with Crippen LogP contribution in [0.5, 0.6) is 11.8 Å². The van der Waals surface area contributed by atoms with E-state index in [1.54, 1.807) is 0 Å². The molecule has 0 aliphatic carbocycles. The number of piperazine rings is 1. The molecule has 4 heterocycles. The van der Waals surface area contributed by atoms with E-state index >= 15 is 0 Å². The van der Waals surface area contributed by atoms with Crippen molar-refractivity contribution in [2.24, 2.45) is 0 Å². The molecule has 3 aliphatic heterocycles. The molecule has 0 radical (unpaired) electrons. The van der Waals surface area contributed by atoms with Gasteiger partial charge < -0.3 is 24.4 Å². The van der Waals surface area contributed by atoms with Crippen molar-refractivity contribution in [2.75, 3.05) is 51.3 Å². The van der Waals surface area contributed by atoms with Gasteiger partial charge in [0.15, 0.2) is 0 Å². The molecule has 2 fully saturated rings. The van der Waals surface area contributed by atoms with Crippen molar-refractivity contribution in [1.29, 1.82) is 5.26 Å². The Balaban J connectivity index is 1.54. The van der Waals surface area contributed by atoms with Gasteiger partial charge in [0, 0.05) is 42.3 Å². The molecule has 1 amide bonds. The number of hydrogen-bond donors (Lipinski definition) is 1.